The molecule has 0 aliphatic carbocycles. The molecule has 1 aliphatic rings. The van der Waals surface area contributed by atoms with Crippen molar-refractivity contribution in [3.8, 4) is 6.07 Å². The molecule has 14 heavy (non-hydrogen) atoms. The van der Waals surface area contributed by atoms with E-state index in [9.17, 15) is 0 Å². The van der Waals surface area contributed by atoms with Gasteiger partial charge in [-0.2, -0.15) is 5.26 Å². The topological polar surface area (TPSA) is 33.0 Å². The molecule has 0 atom stereocenters. The van der Waals surface area contributed by atoms with E-state index in [4.69, 9.17) is 10.00 Å². The van der Waals surface area contributed by atoms with Gasteiger partial charge >= 0.3 is 0 Å². The number of hydrogen-bond donors (Lipinski definition) is 0. The molecule has 0 radical (unpaired) electrons. The molecule has 0 N–H and O–H groups in total. The summed E-state index contributed by atoms with van der Waals surface area (Å²) in [5.41, 5.74) is 1.13. The van der Waals surface area contributed by atoms with Gasteiger partial charge in [-0.25, -0.2) is 0 Å². The molecule has 1 fully saturated rings. The molecule has 2 nitrogen and oxygen atoms in total. The van der Waals surface area contributed by atoms with Crippen LogP contribution in [0.2, 0.25) is 0 Å². The number of rotatable bonds is 3. The fraction of sp³-hybridized carbons (Fsp3) is 0.364. The second kappa shape index (κ2) is 4.50. The smallest absolute Gasteiger partial charge is 0.0670 e. The number of nitriles is 1. The summed E-state index contributed by atoms with van der Waals surface area (Å²) in [6.07, 6.45) is 0.497. The molecule has 1 aliphatic heterocycles. The monoisotopic (exact) mass is 205 g/mol. The highest BCUT2D eigenvalue weighted by atomic mass is 32.2. The maximum absolute atomic E-state index is 8.67. The summed E-state index contributed by atoms with van der Waals surface area (Å²) in [5.74, 6) is 0. The molecule has 2 rings (SSSR count). The molecule has 0 saturated carbocycles. The maximum Gasteiger partial charge on any atom is 0.0670 e. The molecule has 0 amide bonds. The Kier molecular flexibility index (Phi) is 3.07. The van der Waals surface area contributed by atoms with Crippen LogP contribution in [-0.4, -0.2) is 18.5 Å². The molecule has 1 aromatic carbocycles. The molecule has 0 aromatic heterocycles. The number of benzene rings is 1. The van der Waals surface area contributed by atoms with Crippen molar-refractivity contribution >= 4 is 11.8 Å². The van der Waals surface area contributed by atoms with Gasteiger partial charge in [0.25, 0.3) is 0 Å². The van der Waals surface area contributed by atoms with Crippen molar-refractivity contribution in [2.24, 2.45) is 0 Å². The quantitative estimate of drug-likeness (QED) is 0.758. The first kappa shape index (κ1) is 9.57. The Morgan fingerprint density at radius 3 is 2.86 bits per heavy atom. The van der Waals surface area contributed by atoms with Crippen LogP contribution in [0.4, 0.5) is 0 Å². The zero-order chi connectivity index (χ0) is 9.80. The summed E-state index contributed by atoms with van der Waals surface area (Å²) in [5, 5.41) is 9.24. The summed E-state index contributed by atoms with van der Waals surface area (Å²) < 4.78 is 5.12. The Bertz CT molecular complexity index is 355. The number of nitrogens with zero attached hydrogens (tertiary/aromatic N) is 1. The second-order valence-corrected chi connectivity index (χ2v) is 4.56. The van der Waals surface area contributed by atoms with Crippen LogP contribution in [0.25, 0.3) is 0 Å². The van der Waals surface area contributed by atoms with Crippen molar-refractivity contribution in [2.75, 3.05) is 13.2 Å². The first-order valence-electron chi connectivity index (χ1n) is 4.59. The van der Waals surface area contributed by atoms with Gasteiger partial charge in [0.05, 0.1) is 31.0 Å². The van der Waals surface area contributed by atoms with E-state index >= 15 is 0 Å². The lowest BCUT2D eigenvalue weighted by Crippen LogP contribution is -2.30. The third-order valence-corrected chi connectivity index (χ3v) is 3.40. The van der Waals surface area contributed by atoms with Crippen molar-refractivity contribution in [3.05, 3.63) is 29.8 Å². The zero-order valence-electron chi connectivity index (χ0n) is 7.77. The molecule has 1 heterocycles. The molecule has 1 aromatic rings. The van der Waals surface area contributed by atoms with Crippen molar-refractivity contribution in [3.63, 3.8) is 0 Å². The molecule has 0 unspecified atom stereocenters. The van der Waals surface area contributed by atoms with Gasteiger partial charge in [-0.3, -0.25) is 0 Å². The van der Waals surface area contributed by atoms with E-state index in [2.05, 4.69) is 12.1 Å². The van der Waals surface area contributed by atoms with Crippen molar-refractivity contribution < 1.29 is 4.74 Å². The minimum absolute atomic E-state index is 0.497. The summed E-state index contributed by atoms with van der Waals surface area (Å²) in [6, 6.07) is 10.3. The van der Waals surface area contributed by atoms with Gasteiger partial charge in [0.15, 0.2) is 0 Å². The van der Waals surface area contributed by atoms with Crippen LogP contribution in [0.1, 0.15) is 5.56 Å². The minimum Gasteiger partial charge on any atom is -0.379 e. The maximum atomic E-state index is 8.67. The Morgan fingerprint density at radius 1 is 1.43 bits per heavy atom. The molecule has 72 valence electrons. The van der Waals surface area contributed by atoms with Crippen LogP contribution in [-0.2, 0) is 11.2 Å². The average Bonchev–Trinajstić information content (AvgIpc) is 2.14. The van der Waals surface area contributed by atoms with E-state index in [-0.39, 0.29) is 0 Å². The summed E-state index contributed by atoms with van der Waals surface area (Å²) >= 11 is 1.82. The second-order valence-electron chi connectivity index (χ2n) is 3.22. The molecule has 3 heteroatoms. The third-order valence-electron chi connectivity index (χ3n) is 2.14. The van der Waals surface area contributed by atoms with E-state index < -0.39 is 0 Å². The fourth-order valence-corrected chi connectivity index (χ4v) is 2.45. The van der Waals surface area contributed by atoms with Gasteiger partial charge < -0.3 is 4.74 Å². The lowest BCUT2D eigenvalue weighted by atomic mass is 10.2. The van der Waals surface area contributed by atoms with Gasteiger partial charge in [0, 0.05) is 4.90 Å². The molecule has 1 saturated heterocycles. The zero-order valence-corrected chi connectivity index (χ0v) is 8.59. The van der Waals surface area contributed by atoms with E-state index in [1.165, 1.54) is 4.90 Å². The van der Waals surface area contributed by atoms with Crippen LogP contribution in [0.5, 0.6) is 0 Å². The largest absolute Gasteiger partial charge is 0.379 e. The van der Waals surface area contributed by atoms with Crippen molar-refractivity contribution in [2.45, 2.75) is 16.6 Å². The molecular weight excluding hydrogens is 194 g/mol. The summed E-state index contributed by atoms with van der Waals surface area (Å²) in [4.78, 5) is 1.22. The average molecular weight is 205 g/mol. The van der Waals surface area contributed by atoms with Gasteiger partial charge in [0.1, 0.15) is 0 Å². The molecular formula is C11H11NOS. The van der Waals surface area contributed by atoms with E-state index in [0.29, 0.717) is 11.7 Å². The van der Waals surface area contributed by atoms with E-state index in [0.717, 1.165) is 18.8 Å². The van der Waals surface area contributed by atoms with Gasteiger partial charge in [-0.1, -0.05) is 18.2 Å². The Morgan fingerprint density at radius 2 is 2.21 bits per heavy atom. The number of hydrogen-bond acceptors (Lipinski definition) is 3. The number of thioether (sulfide) groups is 1. The predicted octanol–water partition coefficient (Wildman–Crippen LogP) is 2.24. The van der Waals surface area contributed by atoms with Crippen LogP contribution in [0.3, 0.4) is 0 Å². The van der Waals surface area contributed by atoms with Crippen LogP contribution in [0.15, 0.2) is 29.2 Å². The summed E-state index contributed by atoms with van der Waals surface area (Å²) in [6.45, 7) is 1.68. The first-order valence-corrected chi connectivity index (χ1v) is 5.47. The van der Waals surface area contributed by atoms with Gasteiger partial charge in [0.2, 0.25) is 0 Å². The Labute approximate surface area is 87.9 Å². The van der Waals surface area contributed by atoms with Gasteiger partial charge in [-0.15, -0.1) is 11.8 Å². The predicted molar refractivity (Wildman–Crippen MR) is 56.2 cm³/mol. The Balaban J connectivity index is 2.10. The number of ether oxygens (including phenoxy) is 1. The lowest BCUT2D eigenvalue weighted by Gasteiger charge is -2.25. The van der Waals surface area contributed by atoms with Crippen LogP contribution < -0.4 is 0 Å². The van der Waals surface area contributed by atoms with Crippen LogP contribution >= 0.6 is 11.8 Å². The molecule has 0 bridgehead atoms. The standard InChI is InChI=1S/C11H11NOS/c12-6-5-9-3-1-2-4-11(9)14-10-7-13-8-10/h1-4,10H,5,7-8H2. The highest BCUT2D eigenvalue weighted by Crippen LogP contribution is 2.30. The van der Waals surface area contributed by atoms with E-state index in [1.54, 1.807) is 0 Å². The third kappa shape index (κ3) is 2.09. The molecule has 0 spiro atoms. The van der Waals surface area contributed by atoms with E-state index in [1.807, 2.05) is 30.0 Å². The fourth-order valence-electron chi connectivity index (χ4n) is 1.31. The van der Waals surface area contributed by atoms with Crippen molar-refractivity contribution in [1.82, 2.24) is 0 Å². The lowest BCUT2D eigenvalue weighted by molar-refractivity contribution is 0.0455. The highest BCUT2D eigenvalue weighted by molar-refractivity contribution is 8.00. The minimum atomic E-state index is 0.497. The van der Waals surface area contributed by atoms with Crippen molar-refractivity contribution in [1.29, 1.82) is 5.26 Å². The first-order chi connectivity index (χ1) is 6.90. The summed E-state index contributed by atoms with van der Waals surface area (Å²) in [7, 11) is 0. The SMILES string of the molecule is N#CCc1ccccc1SC1COC1. The van der Waals surface area contributed by atoms with Crippen LogP contribution in [0, 0.1) is 11.3 Å². The van der Waals surface area contributed by atoms with Gasteiger partial charge in [-0.05, 0) is 11.6 Å². The Hall–Kier alpha value is -0.980. The normalized spacial score (nSPS) is 15.9. The highest BCUT2D eigenvalue weighted by Gasteiger charge is 2.20.